The summed E-state index contributed by atoms with van der Waals surface area (Å²) in [6, 6.07) is 9.09. The number of carbonyl (C=O) groups is 1. The van der Waals surface area contributed by atoms with Crippen molar-refractivity contribution in [2.75, 3.05) is 0 Å². The normalized spacial score (nSPS) is 20.6. The number of nitrogens with one attached hydrogen (secondary N) is 1. The van der Waals surface area contributed by atoms with Crippen LogP contribution in [0.25, 0.3) is 5.57 Å². The van der Waals surface area contributed by atoms with Crippen molar-refractivity contribution in [2.45, 2.75) is 13.0 Å². The fourth-order valence-electron chi connectivity index (χ4n) is 1.68. The molecule has 0 bridgehead atoms. The van der Waals surface area contributed by atoms with Gasteiger partial charge in [0.25, 0.3) is 0 Å². The SMILES string of the molecule is CC1=CC=C(c2ccccc2)C(N)C(=O)N1. The highest BCUT2D eigenvalue weighted by molar-refractivity contribution is 5.97. The molecule has 0 radical (unpaired) electrons. The van der Waals surface area contributed by atoms with Gasteiger partial charge in [0.2, 0.25) is 5.91 Å². The largest absolute Gasteiger partial charge is 0.328 e. The molecule has 1 aliphatic rings. The van der Waals surface area contributed by atoms with Crippen LogP contribution in [0.1, 0.15) is 12.5 Å². The van der Waals surface area contributed by atoms with Gasteiger partial charge in [0.1, 0.15) is 6.04 Å². The van der Waals surface area contributed by atoms with Crippen LogP contribution in [-0.2, 0) is 4.79 Å². The molecule has 82 valence electrons. The Morgan fingerprint density at radius 3 is 2.56 bits per heavy atom. The minimum Gasteiger partial charge on any atom is -0.328 e. The lowest BCUT2D eigenvalue weighted by Crippen LogP contribution is -2.39. The van der Waals surface area contributed by atoms with Gasteiger partial charge in [-0.15, -0.1) is 0 Å². The van der Waals surface area contributed by atoms with Gasteiger partial charge in [0.05, 0.1) is 0 Å². The van der Waals surface area contributed by atoms with Gasteiger partial charge in [0, 0.05) is 5.70 Å². The molecule has 0 spiro atoms. The number of rotatable bonds is 1. The molecule has 3 N–H and O–H groups in total. The van der Waals surface area contributed by atoms with E-state index in [0.29, 0.717) is 0 Å². The Morgan fingerprint density at radius 1 is 1.19 bits per heavy atom. The molecular formula is C13H14N2O. The average molecular weight is 214 g/mol. The number of amides is 1. The summed E-state index contributed by atoms with van der Waals surface area (Å²) in [5, 5.41) is 2.74. The smallest absolute Gasteiger partial charge is 0.245 e. The Balaban J connectivity index is 2.43. The molecule has 16 heavy (non-hydrogen) atoms. The Hall–Kier alpha value is -1.87. The number of hydrogen-bond acceptors (Lipinski definition) is 2. The number of hydrogen-bond donors (Lipinski definition) is 2. The minimum absolute atomic E-state index is 0.165. The number of benzene rings is 1. The Morgan fingerprint density at radius 2 is 1.88 bits per heavy atom. The van der Waals surface area contributed by atoms with Gasteiger partial charge in [-0.2, -0.15) is 0 Å². The lowest BCUT2D eigenvalue weighted by atomic mass is 9.98. The lowest BCUT2D eigenvalue weighted by molar-refractivity contribution is -0.120. The number of carbonyl (C=O) groups excluding carboxylic acids is 1. The van der Waals surface area contributed by atoms with E-state index in [-0.39, 0.29) is 5.91 Å². The predicted octanol–water partition coefficient (Wildman–Crippen LogP) is 1.43. The van der Waals surface area contributed by atoms with E-state index in [1.54, 1.807) is 0 Å². The summed E-state index contributed by atoms with van der Waals surface area (Å²) in [7, 11) is 0. The molecule has 0 saturated carbocycles. The first-order valence-electron chi connectivity index (χ1n) is 5.19. The summed E-state index contributed by atoms with van der Waals surface area (Å²) in [5.41, 5.74) is 8.54. The van der Waals surface area contributed by atoms with Crippen molar-refractivity contribution in [1.29, 1.82) is 0 Å². The van der Waals surface area contributed by atoms with Gasteiger partial charge in [0.15, 0.2) is 0 Å². The highest BCUT2D eigenvalue weighted by atomic mass is 16.2. The minimum atomic E-state index is -0.615. The van der Waals surface area contributed by atoms with Crippen molar-refractivity contribution in [3.05, 3.63) is 53.7 Å². The molecule has 1 heterocycles. The molecule has 2 rings (SSSR count). The predicted molar refractivity (Wildman–Crippen MR) is 64.3 cm³/mol. The fourth-order valence-corrected chi connectivity index (χ4v) is 1.68. The summed E-state index contributed by atoms with van der Waals surface area (Å²) in [6.07, 6.45) is 3.76. The third-order valence-electron chi connectivity index (χ3n) is 2.56. The van der Waals surface area contributed by atoms with E-state index < -0.39 is 6.04 Å². The first kappa shape index (κ1) is 10.6. The van der Waals surface area contributed by atoms with E-state index in [1.165, 1.54) is 0 Å². The molecule has 1 aliphatic heterocycles. The zero-order valence-corrected chi connectivity index (χ0v) is 9.10. The molecule has 3 heteroatoms. The van der Waals surface area contributed by atoms with E-state index in [4.69, 9.17) is 5.73 Å². The lowest BCUT2D eigenvalue weighted by Gasteiger charge is -2.13. The van der Waals surface area contributed by atoms with Gasteiger partial charge in [-0.3, -0.25) is 4.79 Å². The Kier molecular flexibility index (Phi) is 2.88. The quantitative estimate of drug-likeness (QED) is 0.743. The summed E-state index contributed by atoms with van der Waals surface area (Å²) in [4.78, 5) is 11.7. The van der Waals surface area contributed by atoms with Crippen molar-refractivity contribution in [2.24, 2.45) is 5.73 Å². The first-order valence-corrected chi connectivity index (χ1v) is 5.19. The molecular weight excluding hydrogens is 200 g/mol. The van der Waals surface area contributed by atoms with Crippen LogP contribution >= 0.6 is 0 Å². The Bertz CT molecular complexity index is 460. The molecule has 1 amide bonds. The summed E-state index contributed by atoms with van der Waals surface area (Å²) < 4.78 is 0. The van der Waals surface area contributed by atoms with Gasteiger partial charge < -0.3 is 11.1 Å². The van der Waals surface area contributed by atoms with E-state index in [0.717, 1.165) is 16.8 Å². The van der Waals surface area contributed by atoms with E-state index in [9.17, 15) is 4.79 Å². The fraction of sp³-hybridized carbons (Fsp3) is 0.154. The van der Waals surface area contributed by atoms with E-state index in [2.05, 4.69) is 5.32 Å². The second-order valence-electron chi connectivity index (χ2n) is 3.80. The molecule has 1 aromatic carbocycles. The first-order chi connectivity index (χ1) is 7.68. The van der Waals surface area contributed by atoms with Gasteiger partial charge in [-0.05, 0) is 24.1 Å². The standard InChI is InChI=1S/C13H14N2O/c1-9-7-8-11(12(14)13(16)15-9)10-5-3-2-4-6-10/h2-8,12H,14H2,1H3,(H,15,16). The van der Waals surface area contributed by atoms with Crippen LogP contribution in [0.4, 0.5) is 0 Å². The summed E-state index contributed by atoms with van der Waals surface area (Å²) in [6.45, 7) is 1.84. The third-order valence-corrected chi connectivity index (χ3v) is 2.56. The van der Waals surface area contributed by atoms with Crippen molar-refractivity contribution < 1.29 is 4.79 Å². The maximum absolute atomic E-state index is 11.7. The molecule has 1 unspecified atom stereocenters. The second-order valence-corrected chi connectivity index (χ2v) is 3.80. The van der Waals surface area contributed by atoms with Crippen molar-refractivity contribution in [3.63, 3.8) is 0 Å². The zero-order chi connectivity index (χ0) is 11.5. The van der Waals surface area contributed by atoms with Crippen molar-refractivity contribution in [3.8, 4) is 0 Å². The van der Waals surface area contributed by atoms with Crippen LogP contribution in [0.2, 0.25) is 0 Å². The summed E-state index contributed by atoms with van der Waals surface area (Å²) >= 11 is 0. The highest BCUT2D eigenvalue weighted by Gasteiger charge is 2.21. The number of nitrogens with two attached hydrogens (primary N) is 1. The third kappa shape index (κ3) is 2.04. The summed E-state index contributed by atoms with van der Waals surface area (Å²) in [5.74, 6) is -0.165. The number of allylic oxidation sites excluding steroid dienone is 3. The molecule has 0 aromatic heterocycles. The van der Waals surface area contributed by atoms with Gasteiger partial charge >= 0.3 is 0 Å². The zero-order valence-electron chi connectivity index (χ0n) is 9.10. The van der Waals surface area contributed by atoms with E-state index in [1.807, 2.05) is 49.4 Å². The molecule has 0 fully saturated rings. The van der Waals surface area contributed by atoms with E-state index >= 15 is 0 Å². The van der Waals surface area contributed by atoms with Crippen molar-refractivity contribution in [1.82, 2.24) is 5.32 Å². The van der Waals surface area contributed by atoms with Crippen LogP contribution < -0.4 is 11.1 Å². The van der Waals surface area contributed by atoms with Crippen LogP contribution in [0.15, 0.2) is 48.2 Å². The van der Waals surface area contributed by atoms with Crippen LogP contribution in [0.5, 0.6) is 0 Å². The molecule has 0 aliphatic carbocycles. The average Bonchev–Trinajstić information content (AvgIpc) is 2.41. The molecule has 0 saturated heterocycles. The molecule has 1 aromatic rings. The van der Waals surface area contributed by atoms with Crippen LogP contribution in [0, 0.1) is 0 Å². The molecule has 3 nitrogen and oxygen atoms in total. The van der Waals surface area contributed by atoms with Gasteiger partial charge in [-0.1, -0.05) is 36.4 Å². The molecule has 1 atom stereocenters. The maximum atomic E-state index is 11.7. The van der Waals surface area contributed by atoms with Crippen LogP contribution in [0.3, 0.4) is 0 Å². The highest BCUT2D eigenvalue weighted by Crippen LogP contribution is 2.19. The second kappa shape index (κ2) is 4.33. The van der Waals surface area contributed by atoms with Gasteiger partial charge in [-0.25, -0.2) is 0 Å². The van der Waals surface area contributed by atoms with Crippen LogP contribution in [-0.4, -0.2) is 11.9 Å². The Labute approximate surface area is 94.7 Å². The maximum Gasteiger partial charge on any atom is 0.245 e. The van der Waals surface area contributed by atoms with Crippen molar-refractivity contribution >= 4 is 11.5 Å². The topological polar surface area (TPSA) is 55.1 Å². The monoisotopic (exact) mass is 214 g/mol.